The maximum atomic E-state index is 6.24. The number of nitrogens with zero attached hydrogens (tertiary/aromatic N) is 1. The van der Waals surface area contributed by atoms with Crippen molar-refractivity contribution in [1.82, 2.24) is 0 Å². The molecule has 0 aromatic heterocycles. The van der Waals surface area contributed by atoms with Crippen molar-refractivity contribution in [2.45, 2.75) is 6.10 Å². The summed E-state index contributed by atoms with van der Waals surface area (Å²) in [5.74, 6) is 0.791. The van der Waals surface area contributed by atoms with E-state index in [0.717, 1.165) is 17.0 Å². The maximum Gasteiger partial charge on any atom is 0.154 e. The first-order valence-electron chi connectivity index (χ1n) is 6.05. The van der Waals surface area contributed by atoms with Crippen LogP contribution in [0.4, 0.5) is 5.69 Å². The van der Waals surface area contributed by atoms with Gasteiger partial charge in [0, 0.05) is 11.8 Å². The Morgan fingerprint density at radius 3 is 2.58 bits per heavy atom. The summed E-state index contributed by atoms with van der Waals surface area (Å²) in [5.41, 5.74) is 1.82. The van der Waals surface area contributed by atoms with Gasteiger partial charge in [-0.1, -0.05) is 41.9 Å². The molecule has 1 aliphatic heterocycles. The molecular weight excluding hydrogens is 258 g/mol. The summed E-state index contributed by atoms with van der Waals surface area (Å²) < 4.78 is 5.81. The molecule has 94 valence electrons. The number of para-hydroxylation sites is 2. The van der Waals surface area contributed by atoms with E-state index in [4.69, 9.17) is 16.3 Å². The van der Waals surface area contributed by atoms with Gasteiger partial charge in [-0.25, -0.2) is 0 Å². The molecule has 1 atom stereocenters. The van der Waals surface area contributed by atoms with Crippen LogP contribution < -0.4 is 4.74 Å². The van der Waals surface area contributed by atoms with E-state index in [1.165, 1.54) is 0 Å². The fraction of sp³-hybridized carbons (Fsp3) is 0.0625. The van der Waals surface area contributed by atoms with Crippen molar-refractivity contribution >= 4 is 28.5 Å². The quantitative estimate of drug-likeness (QED) is 0.739. The topological polar surface area (TPSA) is 21.6 Å². The summed E-state index contributed by atoms with van der Waals surface area (Å²) in [6, 6.07) is 17.5. The highest BCUT2D eigenvalue weighted by atomic mass is 35.5. The Bertz CT molecular complexity index is 634. The largest absolute Gasteiger partial charge is 0.480 e. The van der Waals surface area contributed by atoms with Crippen LogP contribution in [0.3, 0.4) is 0 Å². The van der Waals surface area contributed by atoms with Gasteiger partial charge < -0.3 is 4.74 Å². The molecule has 1 aliphatic rings. The first kappa shape index (κ1) is 12.0. The van der Waals surface area contributed by atoms with E-state index in [2.05, 4.69) is 4.99 Å². The highest BCUT2D eigenvalue weighted by Crippen LogP contribution is 2.33. The van der Waals surface area contributed by atoms with E-state index >= 15 is 0 Å². The second kappa shape index (κ2) is 5.29. The predicted molar refractivity (Wildman–Crippen MR) is 79.3 cm³/mol. The van der Waals surface area contributed by atoms with Gasteiger partial charge in [-0.2, -0.15) is 0 Å². The Balaban J connectivity index is 1.82. The lowest BCUT2D eigenvalue weighted by atomic mass is 10.1. The van der Waals surface area contributed by atoms with Crippen LogP contribution in [0.1, 0.15) is 5.56 Å². The van der Waals surface area contributed by atoms with Crippen LogP contribution in [0.25, 0.3) is 5.03 Å². The fourth-order valence-corrected chi connectivity index (χ4v) is 2.21. The van der Waals surface area contributed by atoms with E-state index in [-0.39, 0.29) is 6.10 Å². The molecule has 0 fully saturated rings. The summed E-state index contributed by atoms with van der Waals surface area (Å²) in [7, 11) is 0. The lowest BCUT2D eigenvalue weighted by Gasteiger charge is -2.20. The normalized spacial score (nSPS) is 17.7. The fourth-order valence-electron chi connectivity index (χ4n) is 1.93. The van der Waals surface area contributed by atoms with Crippen LogP contribution in [-0.2, 0) is 0 Å². The summed E-state index contributed by atoms with van der Waals surface area (Å²) in [6.45, 7) is 0. The molecule has 2 aromatic rings. The molecule has 2 aromatic carbocycles. The van der Waals surface area contributed by atoms with Crippen molar-refractivity contribution in [2.24, 2.45) is 4.99 Å². The molecule has 2 nitrogen and oxygen atoms in total. The zero-order valence-corrected chi connectivity index (χ0v) is 10.9. The summed E-state index contributed by atoms with van der Waals surface area (Å²) in [5, 5.41) is 0.700. The Hall–Kier alpha value is -2.06. The zero-order chi connectivity index (χ0) is 13.1. The minimum atomic E-state index is -0.234. The van der Waals surface area contributed by atoms with Crippen LogP contribution in [0.5, 0.6) is 5.75 Å². The molecule has 19 heavy (non-hydrogen) atoms. The van der Waals surface area contributed by atoms with E-state index in [1.54, 1.807) is 6.21 Å². The van der Waals surface area contributed by atoms with Crippen molar-refractivity contribution < 1.29 is 4.74 Å². The van der Waals surface area contributed by atoms with E-state index in [1.807, 2.05) is 60.7 Å². The van der Waals surface area contributed by atoms with Crippen LogP contribution in [0.2, 0.25) is 0 Å². The van der Waals surface area contributed by atoms with Gasteiger partial charge in [-0.05, 0) is 30.3 Å². The van der Waals surface area contributed by atoms with Crippen LogP contribution in [-0.4, -0.2) is 12.3 Å². The third-order valence-corrected chi connectivity index (χ3v) is 3.17. The van der Waals surface area contributed by atoms with Crippen LogP contribution in [0.15, 0.2) is 65.7 Å². The molecule has 1 heterocycles. The van der Waals surface area contributed by atoms with E-state index in [9.17, 15) is 0 Å². The van der Waals surface area contributed by atoms with Gasteiger partial charge in [0.05, 0.1) is 10.7 Å². The maximum absolute atomic E-state index is 6.24. The number of aliphatic imine (C=N–C) groups is 1. The molecule has 3 rings (SSSR count). The number of rotatable bonds is 2. The lowest BCUT2D eigenvalue weighted by molar-refractivity contribution is 0.313. The van der Waals surface area contributed by atoms with Crippen molar-refractivity contribution in [3.8, 4) is 5.75 Å². The van der Waals surface area contributed by atoms with Gasteiger partial charge in [-0.15, -0.1) is 0 Å². The second-order valence-electron chi connectivity index (χ2n) is 4.21. The van der Waals surface area contributed by atoms with Gasteiger partial charge >= 0.3 is 0 Å². The monoisotopic (exact) mass is 269 g/mol. The number of fused-ring (bicyclic) bond motifs is 1. The minimum absolute atomic E-state index is 0.234. The Kier molecular flexibility index (Phi) is 3.34. The Morgan fingerprint density at radius 2 is 1.74 bits per heavy atom. The smallest absolute Gasteiger partial charge is 0.154 e. The summed E-state index contributed by atoms with van der Waals surface area (Å²) in [6.07, 6.45) is 3.38. The summed E-state index contributed by atoms with van der Waals surface area (Å²) in [4.78, 5) is 4.38. The first-order valence-corrected chi connectivity index (χ1v) is 6.43. The average molecular weight is 270 g/mol. The van der Waals surface area contributed by atoms with Crippen LogP contribution >= 0.6 is 11.6 Å². The molecule has 0 radical (unpaired) electrons. The van der Waals surface area contributed by atoms with Gasteiger partial charge in [0.25, 0.3) is 0 Å². The molecule has 1 unspecified atom stereocenters. The lowest BCUT2D eigenvalue weighted by Crippen LogP contribution is -2.19. The summed E-state index contributed by atoms with van der Waals surface area (Å²) >= 11 is 6.24. The number of benzene rings is 2. The predicted octanol–water partition coefficient (Wildman–Crippen LogP) is 4.43. The molecule has 0 amide bonds. The van der Waals surface area contributed by atoms with E-state index in [0.29, 0.717) is 5.03 Å². The number of ether oxygens (including phenoxy) is 1. The van der Waals surface area contributed by atoms with Crippen molar-refractivity contribution in [1.29, 1.82) is 0 Å². The molecule has 0 spiro atoms. The molecule has 0 aliphatic carbocycles. The third-order valence-electron chi connectivity index (χ3n) is 2.84. The Labute approximate surface area is 117 Å². The third kappa shape index (κ3) is 2.69. The standard InChI is InChI=1S/C16H12ClNO/c17-15-10-13(11-18-12-6-2-1-3-7-12)19-16-9-5-4-8-14(15)16/h1-11,13H. The highest BCUT2D eigenvalue weighted by Gasteiger charge is 2.17. The molecule has 0 saturated heterocycles. The van der Waals surface area contributed by atoms with Gasteiger partial charge in [0.1, 0.15) is 5.75 Å². The number of halogens is 1. The first-order chi connectivity index (χ1) is 9.33. The van der Waals surface area contributed by atoms with Crippen molar-refractivity contribution in [3.63, 3.8) is 0 Å². The minimum Gasteiger partial charge on any atom is -0.480 e. The zero-order valence-electron chi connectivity index (χ0n) is 10.2. The molecular formula is C16H12ClNO. The number of hydrogen-bond acceptors (Lipinski definition) is 2. The van der Waals surface area contributed by atoms with Crippen LogP contribution in [0, 0.1) is 0 Å². The Morgan fingerprint density at radius 1 is 1.00 bits per heavy atom. The van der Waals surface area contributed by atoms with Gasteiger partial charge in [-0.3, -0.25) is 4.99 Å². The van der Waals surface area contributed by atoms with Crippen molar-refractivity contribution in [2.75, 3.05) is 0 Å². The van der Waals surface area contributed by atoms with E-state index < -0.39 is 0 Å². The SMILES string of the molecule is ClC1=CC(C=Nc2ccccc2)Oc2ccccc21. The molecule has 0 N–H and O–H groups in total. The number of hydrogen-bond donors (Lipinski definition) is 0. The average Bonchev–Trinajstić information content (AvgIpc) is 2.46. The second-order valence-corrected chi connectivity index (χ2v) is 4.61. The van der Waals surface area contributed by atoms with Gasteiger partial charge in [0.15, 0.2) is 6.10 Å². The molecule has 3 heteroatoms. The van der Waals surface area contributed by atoms with Gasteiger partial charge in [0.2, 0.25) is 0 Å². The molecule has 0 bridgehead atoms. The highest BCUT2D eigenvalue weighted by molar-refractivity contribution is 6.49. The van der Waals surface area contributed by atoms with Crippen molar-refractivity contribution in [3.05, 3.63) is 66.2 Å². The molecule has 0 saturated carbocycles.